The summed E-state index contributed by atoms with van der Waals surface area (Å²) < 4.78 is 5.46. The van der Waals surface area contributed by atoms with Crippen molar-refractivity contribution in [3.63, 3.8) is 0 Å². The highest BCUT2D eigenvalue weighted by Crippen LogP contribution is 2.24. The van der Waals surface area contributed by atoms with Crippen LogP contribution in [0.4, 0.5) is 0 Å². The molecular weight excluding hydrogens is 240 g/mol. The first-order chi connectivity index (χ1) is 8.19. The number of aryl methyl sites for hydroxylation is 1. The summed E-state index contributed by atoms with van der Waals surface area (Å²) in [5, 5.41) is 24.9. The fourth-order valence-electron chi connectivity index (χ4n) is 1.17. The highest BCUT2D eigenvalue weighted by atomic mass is 32.1. The van der Waals surface area contributed by atoms with Gasteiger partial charge in [0.15, 0.2) is 0 Å². The lowest BCUT2D eigenvalue weighted by molar-refractivity contribution is 0.234. The van der Waals surface area contributed by atoms with E-state index in [4.69, 9.17) is 15.4 Å². The Labute approximate surface area is 101 Å². The highest BCUT2D eigenvalue weighted by molar-refractivity contribution is 7.13. The maximum absolute atomic E-state index is 8.57. The molecule has 0 saturated heterocycles. The smallest absolute Gasteiger partial charge is 0.299 e. The average Bonchev–Trinajstić information content (AvgIpc) is 2.75. The summed E-state index contributed by atoms with van der Waals surface area (Å²) in [5.41, 5.74) is 2.34. The van der Waals surface area contributed by atoms with Gasteiger partial charge in [-0.25, -0.2) is 0 Å². The van der Waals surface area contributed by atoms with Crippen LogP contribution in [0.1, 0.15) is 10.6 Å². The molecule has 0 bridgehead atoms. The second-order valence-electron chi connectivity index (χ2n) is 3.20. The summed E-state index contributed by atoms with van der Waals surface area (Å²) in [6, 6.07) is 6.71. The van der Waals surface area contributed by atoms with E-state index in [1.165, 1.54) is 11.3 Å². The number of nitrogens with one attached hydrogen (secondary N) is 2. The van der Waals surface area contributed by atoms with E-state index in [1.807, 2.05) is 6.92 Å². The van der Waals surface area contributed by atoms with Gasteiger partial charge in [0, 0.05) is 5.56 Å². The van der Waals surface area contributed by atoms with Crippen LogP contribution in [0.25, 0.3) is 0 Å². The number of ether oxygens (including phenoxy) is 1. The SMILES string of the molecule is Cc1nnc(Oc2ccc(C(=N)NO)cc2)s1. The van der Waals surface area contributed by atoms with Crippen molar-refractivity contribution >= 4 is 17.2 Å². The molecule has 0 aliphatic rings. The lowest BCUT2D eigenvalue weighted by Gasteiger charge is -2.03. The number of hydrogen-bond donors (Lipinski definition) is 3. The van der Waals surface area contributed by atoms with Crippen LogP contribution in [0.3, 0.4) is 0 Å². The molecule has 6 nitrogen and oxygen atoms in total. The fraction of sp³-hybridized carbons (Fsp3) is 0.100. The van der Waals surface area contributed by atoms with Crippen molar-refractivity contribution in [2.45, 2.75) is 6.92 Å². The minimum Gasteiger partial charge on any atom is -0.430 e. The predicted molar refractivity (Wildman–Crippen MR) is 62.9 cm³/mol. The largest absolute Gasteiger partial charge is 0.430 e. The van der Waals surface area contributed by atoms with Crippen molar-refractivity contribution in [2.24, 2.45) is 0 Å². The van der Waals surface area contributed by atoms with Gasteiger partial charge in [0.1, 0.15) is 16.6 Å². The zero-order valence-electron chi connectivity index (χ0n) is 8.97. The summed E-state index contributed by atoms with van der Waals surface area (Å²) in [6.07, 6.45) is 0. The molecule has 1 aromatic heterocycles. The van der Waals surface area contributed by atoms with Crippen molar-refractivity contribution < 1.29 is 9.94 Å². The molecule has 17 heavy (non-hydrogen) atoms. The maximum atomic E-state index is 8.57. The molecule has 0 spiro atoms. The summed E-state index contributed by atoms with van der Waals surface area (Å²) in [5.74, 6) is 0.541. The molecule has 88 valence electrons. The number of hydroxylamine groups is 1. The second kappa shape index (κ2) is 4.89. The van der Waals surface area contributed by atoms with Crippen LogP contribution in [0.2, 0.25) is 0 Å². The van der Waals surface area contributed by atoms with Gasteiger partial charge in [0.05, 0.1) is 0 Å². The number of benzene rings is 1. The zero-order valence-corrected chi connectivity index (χ0v) is 9.78. The number of nitrogens with zero attached hydrogens (tertiary/aromatic N) is 2. The first kappa shape index (κ1) is 11.5. The van der Waals surface area contributed by atoms with Crippen LogP contribution in [0, 0.1) is 12.3 Å². The van der Waals surface area contributed by atoms with Crippen LogP contribution in [0.5, 0.6) is 10.9 Å². The molecule has 0 unspecified atom stereocenters. The molecule has 1 aromatic carbocycles. The first-order valence-electron chi connectivity index (χ1n) is 4.76. The Balaban J connectivity index is 2.10. The third kappa shape index (κ3) is 2.77. The Kier molecular flexibility index (Phi) is 3.31. The van der Waals surface area contributed by atoms with E-state index in [0.29, 0.717) is 16.5 Å². The lowest BCUT2D eigenvalue weighted by Crippen LogP contribution is -2.18. The lowest BCUT2D eigenvalue weighted by atomic mass is 10.2. The van der Waals surface area contributed by atoms with Crippen molar-refractivity contribution in [3.8, 4) is 10.9 Å². The van der Waals surface area contributed by atoms with Crippen LogP contribution in [-0.4, -0.2) is 21.2 Å². The summed E-state index contributed by atoms with van der Waals surface area (Å²) in [4.78, 5) is 0. The molecule has 0 atom stereocenters. The summed E-state index contributed by atoms with van der Waals surface area (Å²) in [7, 11) is 0. The van der Waals surface area contributed by atoms with Crippen LogP contribution < -0.4 is 10.2 Å². The van der Waals surface area contributed by atoms with Gasteiger partial charge in [-0.1, -0.05) is 16.4 Å². The topological polar surface area (TPSA) is 91.1 Å². The Morgan fingerprint density at radius 2 is 2.06 bits per heavy atom. The van der Waals surface area contributed by atoms with Crippen molar-refractivity contribution in [3.05, 3.63) is 34.8 Å². The van der Waals surface area contributed by atoms with Crippen molar-refractivity contribution in [2.75, 3.05) is 0 Å². The molecule has 0 aliphatic carbocycles. The van der Waals surface area contributed by atoms with E-state index in [0.717, 1.165) is 5.01 Å². The summed E-state index contributed by atoms with van der Waals surface area (Å²) >= 11 is 1.36. The van der Waals surface area contributed by atoms with Crippen molar-refractivity contribution in [1.29, 1.82) is 5.41 Å². The van der Waals surface area contributed by atoms with E-state index in [9.17, 15) is 0 Å². The van der Waals surface area contributed by atoms with Gasteiger partial charge in [0.2, 0.25) is 0 Å². The molecule has 2 aromatic rings. The standard InChI is InChI=1S/C10H10N4O2S/c1-6-12-13-10(17-6)16-8-4-2-7(3-5-8)9(11)14-15/h2-5,15H,1H3,(H2,11,14). The minimum absolute atomic E-state index is 0.0664. The highest BCUT2D eigenvalue weighted by Gasteiger charge is 2.04. The molecule has 2 rings (SSSR count). The van der Waals surface area contributed by atoms with Gasteiger partial charge in [0.25, 0.3) is 5.19 Å². The van der Waals surface area contributed by atoms with E-state index < -0.39 is 0 Å². The van der Waals surface area contributed by atoms with E-state index in [2.05, 4.69) is 10.2 Å². The Morgan fingerprint density at radius 1 is 1.35 bits per heavy atom. The number of amidine groups is 1. The van der Waals surface area contributed by atoms with Gasteiger partial charge < -0.3 is 4.74 Å². The van der Waals surface area contributed by atoms with Gasteiger partial charge in [-0.2, -0.15) is 0 Å². The monoisotopic (exact) mass is 250 g/mol. The number of aromatic nitrogens is 2. The minimum atomic E-state index is -0.0664. The van der Waals surface area contributed by atoms with Gasteiger partial charge in [-0.3, -0.25) is 16.1 Å². The maximum Gasteiger partial charge on any atom is 0.299 e. The molecule has 0 aliphatic heterocycles. The summed E-state index contributed by atoms with van der Waals surface area (Å²) in [6.45, 7) is 1.85. The third-order valence-electron chi connectivity index (χ3n) is 1.97. The normalized spacial score (nSPS) is 10.0. The molecule has 0 saturated carbocycles. The molecule has 3 N–H and O–H groups in total. The third-order valence-corrected chi connectivity index (χ3v) is 2.68. The number of hydrogen-bond acceptors (Lipinski definition) is 6. The molecule has 1 heterocycles. The van der Waals surface area contributed by atoms with Crippen LogP contribution >= 0.6 is 11.3 Å². The Bertz CT molecular complexity index is 523. The van der Waals surface area contributed by atoms with Crippen LogP contribution in [0.15, 0.2) is 24.3 Å². The van der Waals surface area contributed by atoms with E-state index in [-0.39, 0.29) is 5.84 Å². The van der Waals surface area contributed by atoms with Crippen LogP contribution in [-0.2, 0) is 0 Å². The van der Waals surface area contributed by atoms with E-state index in [1.54, 1.807) is 29.7 Å². The average molecular weight is 250 g/mol. The second-order valence-corrected chi connectivity index (χ2v) is 4.34. The molecule has 7 heteroatoms. The molecular formula is C10H10N4O2S. The quantitative estimate of drug-likeness (QED) is 0.440. The first-order valence-corrected chi connectivity index (χ1v) is 5.58. The van der Waals surface area contributed by atoms with Crippen molar-refractivity contribution in [1.82, 2.24) is 15.7 Å². The molecule has 0 radical (unpaired) electrons. The Hall–Kier alpha value is -1.99. The van der Waals surface area contributed by atoms with Gasteiger partial charge in [-0.05, 0) is 31.2 Å². The molecule has 0 amide bonds. The van der Waals surface area contributed by atoms with E-state index >= 15 is 0 Å². The van der Waals surface area contributed by atoms with Gasteiger partial charge >= 0.3 is 0 Å². The molecule has 0 fully saturated rings. The van der Waals surface area contributed by atoms with Gasteiger partial charge in [-0.15, -0.1) is 5.10 Å². The zero-order chi connectivity index (χ0) is 12.3. The number of rotatable bonds is 3. The predicted octanol–water partition coefficient (Wildman–Crippen LogP) is 1.94. The Morgan fingerprint density at radius 3 is 2.59 bits per heavy atom. The fourth-order valence-corrected chi connectivity index (χ4v) is 1.73.